The summed E-state index contributed by atoms with van der Waals surface area (Å²) < 4.78 is 11.8. The maximum absolute atomic E-state index is 12.3. The van der Waals surface area contributed by atoms with E-state index < -0.39 is 0 Å². The number of carbonyl (C=O) groups excluding carboxylic acids is 1. The van der Waals surface area contributed by atoms with E-state index in [4.69, 9.17) is 25.9 Å². The Morgan fingerprint density at radius 3 is 2.53 bits per heavy atom. The zero-order valence-electron chi connectivity index (χ0n) is 19.4. The van der Waals surface area contributed by atoms with Crippen LogP contribution >= 0.6 is 11.6 Å². The smallest absolute Gasteiger partial charge is 0.319 e. The van der Waals surface area contributed by atoms with Gasteiger partial charge < -0.3 is 30.2 Å². The lowest BCUT2D eigenvalue weighted by Crippen LogP contribution is -2.52. The number of rotatable bonds is 3. The highest BCUT2D eigenvalue weighted by Crippen LogP contribution is 2.48. The van der Waals surface area contributed by atoms with Crippen molar-refractivity contribution in [1.82, 2.24) is 10.6 Å². The van der Waals surface area contributed by atoms with E-state index in [0.29, 0.717) is 23.3 Å². The summed E-state index contributed by atoms with van der Waals surface area (Å²) in [6.45, 7) is 6.31. The highest BCUT2D eigenvalue weighted by atomic mass is 35.5. The molecule has 1 saturated heterocycles. The van der Waals surface area contributed by atoms with E-state index in [1.807, 2.05) is 19.9 Å². The van der Waals surface area contributed by atoms with Gasteiger partial charge in [0.05, 0.1) is 22.8 Å². The lowest BCUT2D eigenvalue weighted by molar-refractivity contribution is 0.0771. The molecule has 2 fully saturated rings. The number of benzene rings is 1. The minimum atomic E-state index is -0.387. The molecule has 1 aromatic carbocycles. The van der Waals surface area contributed by atoms with Crippen LogP contribution in [0, 0.1) is 0 Å². The van der Waals surface area contributed by atoms with Crippen LogP contribution in [0.15, 0.2) is 16.5 Å². The fourth-order valence-electron chi connectivity index (χ4n) is 4.97. The molecule has 0 unspecified atom stereocenters. The molecule has 3 aliphatic rings. The van der Waals surface area contributed by atoms with Gasteiger partial charge in [-0.2, -0.15) is 0 Å². The number of anilines is 1. The quantitative estimate of drug-likeness (QED) is 0.494. The van der Waals surface area contributed by atoms with Gasteiger partial charge in [0, 0.05) is 37.3 Å². The topological polar surface area (TPSA) is 95.8 Å². The first-order chi connectivity index (χ1) is 15.6. The Hall–Kier alpha value is -1.80. The van der Waals surface area contributed by atoms with Gasteiger partial charge in [0.2, 0.25) is 0 Å². The van der Waals surface area contributed by atoms with Crippen LogP contribution in [0.1, 0.15) is 70.1 Å². The van der Waals surface area contributed by atoms with Gasteiger partial charge in [-0.05, 0) is 37.8 Å². The van der Waals surface area contributed by atoms with Gasteiger partial charge in [-0.1, -0.05) is 44.7 Å². The molecule has 8 heteroatoms. The number of urea groups is 1. The minimum absolute atomic E-state index is 0.177. The molecule has 2 amide bonds. The first-order valence-electron chi connectivity index (χ1n) is 11.8. The number of ether oxygens (including phenoxy) is 1. The average Bonchev–Trinajstić information content (AvgIpc) is 3.24. The second kappa shape index (κ2) is 11.4. The molecule has 5 rings (SSSR count). The number of furan rings is 1. The van der Waals surface area contributed by atoms with Gasteiger partial charge in [-0.3, -0.25) is 0 Å². The third-order valence-electron chi connectivity index (χ3n) is 6.37. The van der Waals surface area contributed by atoms with E-state index in [1.54, 1.807) is 0 Å². The fourth-order valence-corrected chi connectivity index (χ4v) is 5.23. The number of hydrogen-bond acceptors (Lipinski definition) is 5. The van der Waals surface area contributed by atoms with Gasteiger partial charge in [0.15, 0.2) is 0 Å². The summed E-state index contributed by atoms with van der Waals surface area (Å²) in [7, 11) is 1.00. The van der Waals surface area contributed by atoms with E-state index in [9.17, 15) is 4.79 Å². The minimum Gasteiger partial charge on any atom is -0.459 e. The van der Waals surface area contributed by atoms with Gasteiger partial charge in [0.25, 0.3) is 0 Å². The molecule has 3 heterocycles. The van der Waals surface area contributed by atoms with Crippen LogP contribution in [0.3, 0.4) is 0 Å². The Morgan fingerprint density at radius 2 is 1.84 bits per heavy atom. The van der Waals surface area contributed by atoms with Gasteiger partial charge in [-0.15, -0.1) is 0 Å². The van der Waals surface area contributed by atoms with E-state index in [2.05, 4.69) is 22.0 Å². The van der Waals surface area contributed by atoms with E-state index in [-0.39, 0.29) is 11.6 Å². The summed E-state index contributed by atoms with van der Waals surface area (Å²) in [5.74, 6) is 0.897. The zero-order valence-corrected chi connectivity index (χ0v) is 20.1. The summed E-state index contributed by atoms with van der Waals surface area (Å²) in [6.07, 6.45) is 7.27. The van der Waals surface area contributed by atoms with Crippen LogP contribution in [0.5, 0.6) is 0 Å². The summed E-state index contributed by atoms with van der Waals surface area (Å²) >= 11 is 6.58. The van der Waals surface area contributed by atoms with Gasteiger partial charge in [-0.25, -0.2) is 4.79 Å². The number of halogens is 1. The molecule has 1 spiro atoms. The summed E-state index contributed by atoms with van der Waals surface area (Å²) in [6, 6.07) is 4.26. The first-order valence-corrected chi connectivity index (χ1v) is 12.1. The third kappa shape index (κ3) is 5.06. The Balaban J connectivity index is 0.000000686. The Kier molecular flexibility index (Phi) is 8.82. The Labute approximate surface area is 195 Å². The van der Waals surface area contributed by atoms with Crippen molar-refractivity contribution in [3.05, 3.63) is 28.5 Å². The van der Waals surface area contributed by atoms with Crippen molar-refractivity contribution in [2.75, 3.05) is 25.6 Å². The Morgan fingerprint density at radius 1 is 1.16 bits per heavy atom. The number of nitrogens with one attached hydrogen (secondary N) is 3. The molecule has 1 aliphatic carbocycles. The van der Waals surface area contributed by atoms with Gasteiger partial charge >= 0.3 is 6.03 Å². The maximum atomic E-state index is 12.3. The third-order valence-corrected chi connectivity index (χ3v) is 6.67. The number of carbonyl (C=O) groups is 1. The monoisotopic (exact) mass is 465 g/mol. The summed E-state index contributed by atoms with van der Waals surface area (Å²) in [5.41, 5.74) is 2.18. The molecule has 4 N–H and O–H groups in total. The van der Waals surface area contributed by atoms with Crippen molar-refractivity contribution in [2.24, 2.45) is 0 Å². The van der Waals surface area contributed by atoms with Crippen LogP contribution in [-0.4, -0.2) is 37.5 Å². The number of amides is 2. The van der Waals surface area contributed by atoms with Crippen LogP contribution in [0.4, 0.5) is 10.5 Å². The highest BCUT2D eigenvalue weighted by Gasteiger charge is 2.43. The van der Waals surface area contributed by atoms with Crippen molar-refractivity contribution >= 4 is 34.3 Å². The number of aliphatic hydroxyl groups excluding tert-OH is 1. The van der Waals surface area contributed by atoms with Crippen molar-refractivity contribution in [1.29, 1.82) is 0 Å². The second-order valence-corrected chi connectivity index (χ2v) is 8.64. The lowest BCUT2D eigenvalue weighted by Gasteiger charge is -2.42. The van der Waals surface area contributed by atoms with Gasteiger partial charge in [0.1, 0.15) is 11.3 Å². The normalized spacial score (nSPS) is 19.7. The Bertz CT molecular complexity index is 902. The summed E-state index contributed by atoms with van der Waals surface area (Å²) in [4.78, 5) is 12.3. The van der Waals surface area contributed by atoms with Crippen molar-refractivity contribution < 1.29 is 19.1 Å². The number of aliphatic hydroxyl groups is 1. The van der Waals surface area contributed by atoms with Crippen molar-refractivity contribution in [3.63, 3.8) is 0 Å². The first kappa shape index (κ1) is 24.8. The highest BCUT2D eigenvalue weighted by molar-refractivity contribution is 6.35. The van der Waals surface area contributed by atoms with Crippen molar-refractivity contribution in [3.8, 4) is 0 Å². The fraction of sp³-hybridized carbons (Fsp3) is 0.625. The standard InChI is InChI=1S/C21H26ClN3O3.C2H6.CH4O/c22-16-11-13-10-15(12-23-14-4-8-27-9-5-14)28-19(13)17-18(16)24-20(26)25-21(17)6-2-1-3-7-21;2*1-2/h10-11,14,23H,1-9,12H2,(H2,24,25,26);1-2H3;2H,1H3. The molecular formula is C24H36ClN3O4. The molecule has 1 saturated carbocycles. The SMILES string of the molecule is CC.CO.O=C1Nc2c(Cl)cc3cc(CNC4CCOCC4)oc3c2C2(CCCCC2)N1. The molecule has 7 nitrogen and oxygen atoms in total. The van der Waals surface area contributed by atoms with Crippen LogP contribution in [-0.2, 0) is 16.8 Å². The molecule has 178 valence electrons. The number of hydrogen-bond donors (Lipinski definition) is 4. The van der Waals surface area contributed by atoms with Crippen LogP contribution in [0.2, 0.25) is 5.02 Å². The molecule has 2 aromatic rings. The largest absolute Gasteiger partial charge is 0.459 e. The molecule has 0 atom stereocenters. The lowest BCUT2D eigenvalue weighted by atomic mass is 9.74. The molecule has 0 bridgehead atoms. The second-order valence-electron chi connectivity index (χ2n) is 8.23. The van der Waals surface area contributed by atoms with Crippen LogP contribution in [0.25, 0.3) is 11.0 Å². The predicted octanol–water partition coefficient (Wildman–Crippen LogP) is 5.28. The van der Waals surface area contributed by atoms with Crippen LogP contribution < -0.4 is 16.0 Å². The zero-order chi connectivity index (χ0) is 23.1. The maximum Gasteiger partial charge on any atom is 0.319 e. The molecule has 2 aliphatic heterocycles. The van der Waals surface area contributed by atoms with E-state index in [1.165, 1.54) is 6.42 Å². The predicted molar refractivity (Wildman–Crippen MR) is 128 cm³/mol. The molecule has 0 radical (unpaired) electrons. The number of fused-ring (bicyclic) bond motifs is 4. The molecular weight excluding hydrogens is 430 g/mol. The van der Waals surface area contributed by atoms with Crippen molar-refractivity contribution in [2.45, 2.75) is 76.9 Å². The van der Waals surface area contributed by atoms with E-state index >= 15 is 0 Å². The summed E-state index contributed by atoms with van der Waals surface area (Å²) in [5, 5.41) is 18.3. The molecule has 32 heavy (non-hydrogen) atoms. The molecule has 1 aromatic heterocycles. The van der Waals surface area contributed by atoms with E-state index in [0.717, 1.165) is 81.1 Å². The average molecular weight is 466 g/mol.